The summed E-state index contributed by atoms with van der Waals surface area (Å²) >= 11 is 0. The Balaban J connectivity index is 2.42. The molecular formula is C15H19N3O. The van der Waals surface area contributed by atoms with Crippen LogP contribution >= 0.6 is 0 Å². The second-order valence-electron chi connectivity index (χ2n) is 4.63. The van der Waals surface area contributed by atoms with Crippen LogP contribution in [-0.4, -0.2) is 34.0 Å². The monoisotopic (exact) mass is 257 g/mol. The van der Waals surface area contributed by atoms with E-state index in [1.165, 1.54) is 0 Å². The van der Waals surface area contributed by atoms with Gasteiger partial charge in [-0.2, -0.15) is 0 Å². The smallest absolute Gasteiger partial charge is 0.250 e. The Kier molecular flexibility index (Phi) is 4.00. The molecule has 0 saturated carbocycles. The summed E-state index contributed by atoms with van der Waals surface area (Å²) in [5, 5.41) is 0. The van der Waals surface area contributed by atoms with Crippen LogP contribution < -0.4 is 0 Å². The Morgan fingerprint density at radius 1 is 1.37 bits per heavy atom. The minimum absolute atomic E-state index is 0.0751. The molecular weight excluding hydrogens is 238 g/mol. The fraction of sp³-hybridized carbons (Fsp3) is 0.333. The molecule has 1 heterocycles. The summed E-state index contributed by atoms with van der Waals surface area (Å²) in [6.45, 7) is 4.58. The molecule has 0 saturated heterocycles. The van der Waals surface area contributed by atoms with Crippen molar-refractivity contribution in [3.63, 3.8) is 0 Å². The third kappa shape index (κ3) is 2.84. The Labute approximate surface area is 113 Å². The van der Waals surface area contributed by atoms with Gasteiger partial charge >= 0.3 is 0 Å². The van der Waals surface area contributed by atoms with Crippen LogP contribution in [0, 0.1) is 6.92 Å². The van der Waals surface area contributed by atoms with E-state index in [9.17, 15) is 4.79 Å². The first-order chi connectivity index (χ1) is 9.13. The minimum Gasteiger partial charge on any atom is -0.344 e. The average Bonchev–Trinajstić information content (AvgIpc) is 2.85. The van der Waals surface area contributed by atoms with Crippen LogP contribution in [0.3, 0.4) is 0 Å². The summed E-state index contributed by atoms with van der Waals surface area (Å²) in [4.78, 5) is 18.5. The van der Waals surface area contributed by atoms with Crippen molar-refractivity contribution in [1.82, 2.24) is 14.5 Å². The van der Waals surface area contributed by atoms with E-state index in [4.69, 9.17) is 0 Å². The molecule has 0 radical (unpaired) electrons. The summed E-state index contributed by atoms with van der Waals surface area (Å²) in [5.74, 6) is 0.0751. The maximum atomic E-state index is 12.6. The van der Waals surface area contributed by atoms with E-state index in [0.717, 1.165) is 11.3 Å². The molecule has 4 heteroatoms. The Morgan fingerprint density at radius 2 is 2.05 bits per heavy atom. The third-order valence-corrected chi connectivity index (χ3v) is 3.23. The van der Waals surface area contributed by atoms with E-state index < -0.39 is 0 Å². The molecule has 1 atom stereocenters. The highest BCUT2D eigenvalue weighted by Crippen LogP contribution is 2.20. The molecule has 0 N–H and O–H groups in total. The lowest BCUT2D eigenvalue weighted by molar-refractivity contribution is -0.132. The van der Waals surface area contributed by atoms with Gasteiger partial charge in [-0.05, 0) is 19.4 Å². The molecule has 19 heavy (non-hydrogen) atoms. The Morgan fingerprint density at radius 3 is 2.58 bits per heavy atom. The third-order valence-electron chi connectivity index (χ3n) is 3.23. The molecule has 2 rings (SSSR count). The van der Waals surface area contributed by atoms with Crippen LogP contribution in [0.4, 0.5) is 0 Å². The molecule has 0 aliphatic rings. The van der Waals surface area contributed by atoms with Gasteiger partial charge in [0.25, 0.3) is 0 Å². The number of nitrogens with zero attached hydrogens (tertiary/aromatic N) is 3. The van der Waals surface area contributed by atoms with Crippen LogP contribution in [-0.2, 0) is 4.79 Å². The molecule has 100 valence electrons. The topological polar surface area (TPSA) is 38.1 Å². The number of benzene rings is 1. The number of amides is 1. The quantitative estimate of drug-likeness (QED) is 0.842. The lowest BCUT2D eigenvalue weighted by atomic mass is 10.1. The van der Waals surface area contributed by atoms with Gasteiger partial charge in [0.15, 0.2) is 0 Å². The molecule has 1 aromatic heterocycles. The van der Waals surface area contributed by atoms with Crippen molar-refractivity contribution in [1.29, 1.82) is 0 Å². The van der Waals surface area contributed by atoms with Gasteiger partial charge in [-0.25, -0.2) is 4.98 Å². The summed E-state index contributed by atoms with van der Waals surface area (Å²) in [6, 6.07) is 9.46. The van der Waals surface area contributed by atoms with E-state index in [-0.39, 0.29) is 11.9 Å². The van der Waals surface area contributed by atoms with E-state index in [0.29, 0.717) is 6.54 Å². The first-order valence-corrected chi connectivity index (χ1v) is 6.43. The fourth-order valence-electron chi connectivity index (χ4n) is 2.02. The number of carbonyl (C=O) groups excluding carboxylic acids is 1. The highest BCUT2D eigenvalue weighted by atomic mass is 16.2. The lowest BCUT2D eigenvalue weighted by Crippen LogP contribution is -2.34. The van der Waals surface area contributed by atoms with Crippen molar-refractivity contribution in [2.24, 2.45) is 0 Å². The van der Waals surface area contributed by atoms with Gasteiger partial charge < -0.3 is 9.47 Å². The van der Waals surface area contributed by atoms with Gasteiger partial charge in [0.05, 0.1) is 12.0 Å². The zero-order valence-electron chi connectivity index (χ0n) is 11.6. The normalized spacial score (nSPS) is 12.2. The number of aryl methyl sites for hydroxylation is 1. The maximum Gasteiger partial charge on any atom is 0.250 e. The van der Waals surface area contributed by atoms with E-state index in [1.807, 2.05) is 62.0 Å². The molecule has 0 aliphatic carbocycles. The van der Waals surface area contributed by atoms with Crippen molar-refractivity contribution in [2.45, 2.75) is 19.9 Å². The predicted molar refractivity (Wildman–Crippen MR) is 74.9 cm³/mol. The van der Waals surface area contributed by atoms with E-state index >= 15 is 0 Å². The van der Waals surface area contributed by atoms with Crippen molar-refractivity contribution in [3.05, 3.63) is 54.1 Å². The number of carbonyl (C=O) groups is 1. The van der Waals surface area contributed by atoms with Gasteiger partial charge in [0, 0.05) is 19.8 Å². The van der Waals surface area contributed by atoms with Crippen LogP contribution in [0.2, 0.25) is 0 Å². The van der Waals surface area contributed by atoms with Crippen molar-refractivity contribution in [2.75, 3.05) is 13.6 Å². The Bertz CT molecular complexity index is 548. The molecule has 0 fully saturated rings. The lowest BCUT2D eigenvalue weighted by Gasteiger charge is -2.24. The molecule has 1 amide bonds. The summed E-state index contributed by atoms with van der Waals surface area (Å²) in [7, 11) is 1.82. The summed E-state index contributed by atoms with van der Waals surface area (Å²) in [5.41, 5.74) is 1.89. The predicted octanol–water partition coefficient (Wildman–Crippen LogP) is 2.26. The molecule has 0 aliphatic heterocycles. The largest absolute Gasteiger partial charge is 0.344 e. The number of likely N-dealkylation sites (N-methyl/N-ethyl adjacent to an activating group) is 1. The van der Waals surface area contributed by atoms with Gasteiger partial charge in [-0.1, -0.05) is 30.3 Å². The highest BCUT2D eigenvalue weighted by Gasteiger charge is 2.24. The SMILES string of the molecule is CCN(C)C(=O)C(c1ccccc1)n1cnc(C)c1. The minimum atomic E-state index is -0.340. The molecule has 0 spiro atoms. The van der Waals surface area contributed by atoms with Crippen LogP contribution in [0.25, 0.3) is 0 Å². The molecule has 1 unspecified atom stereocenters. The van der Waals surface area contributed by atoms with Gasteiger partial charge in [0.1, 0.15) is 6.04 Å². The fourth-order valence-corrected chi connectivity index (χ4v) is 2.02. The molecule has 0 bridgehead atoms. The second-order valence-corrected chi connectivity index (χ2v) is 4.63. The first-order valence-electron chi connectivity index (χ1n) is 6.43. The molecule has 4 nitrogen and oxygen atoms in total. The van der Waals surface area contributed by atoms with Crippen LogP contribution in [0.1, 0.15) is 24.2 Å². The van der Waals surface area contributed by atoms with Gasteiger partial charge in [-0.15, -0.1) is 0 Å². The van der Waals surface area contributed by atoms with Crippen molar-refractivity contribution >= 4 is 5.91 Å². The Hall–Kier alpha value is -2.10. The van der Waals surface area contributed by atoms with Crippen molar-refractivity contribution < 1.29 is 4.79 Å². The number of hydrogen-bond donors (Lipinski definition) is 0. The number of rotatable bonds is 4. The highest BCUT2D eigenvalue weighted by molar-refractivity contribution is 5.83. The second kappa shape index (κ2) is 5.69. The van der Waals surface area contributed by atoms with Crippen LogP contribution in [0.15, 0.2) is 42.9 Å². The summed E-state index contributed by atoms with van der Waals surface area (Å²) < 4.78 is 1.87. The molecule has 1 aromatic carbocycles. The number of aromatic nitrogens is 2. The maximum absolute atomic E-state index is 12.6. The number of hydrogen-bond acceptors (Lipinski definition) is 2. The number of imidazole rings is 1. The van der Waals surface area contributed by atoms with E-state index in [1.54, 1.807) is 11.2 Å². The zero-order chi connectivity index (χ0) is 13.8. The van der Waals surface area contributed by atoms with E-state index in [2.05, 4.69) is 4.98 Å². The van der Waals surface area contributed by atoms with Crippen LogP contribution in [0.5, 0.6) is 0 Å². The van der Waals surface area contributed by atoms with Gasteiger partial charge in [0.2, 0.25) is 5.91 Å². The standard InChI is InChI=1S/C15H19N3O/c1-4-17(3)15(19)14(13-8-6-5-7-9-13)18-10-12(2)16-11-18/h5-11,14H,4H2,1-3H3. The van der Waals surface area contributed by atoms with Gasteiger partial charge in [-0.3, -0.25) is 4.79 Å². The first kappa shape index (κ1) is 13.3. The average molecular weight is 257 g/mol. The van der Waals surface area contributed by atoms with Crippen molar-refractivity contribution in [3.8, 4) is 0 Å². The zero-order valence-corrected chi connectivity index (χ0v) is 11.6. The summed E-state index contributed by atoms with van der Waals surface area (Å²) in [6.07, 6.45) is 3.62. The molecule has 2 aromatic rings.